The molecule has 0 spiro atoms. The Balaban J connectivity index is 1.72. The number of anilines is 1. The number of nitrogens with zero attached hydrogens (tertiary/aromatic N) is 4. The minimum Gasteiger partial charge on any atom is -0.481 e. The van der Waals surface area contributed by atoms with Crippen LogP contribution in [0, 0.1) is 5.82 Å². The molecule has 0 saturated heterocycles. The second-order valence-corrected chi connectivity index (χ2v) is 6.61. The molecule has 2 aromatic heterocycles. The summed E-state index contributed by atoms with van der Waals surface area (Å²) in [6, 6.07) is 5.48. The number of aryl methyl sites for hydroxylation is 1. The Morgan fingerprint density at radius 1 is 1.21 bits per heavy atom. The monoisotopic (exact) mass is 425 g/mol. The zero-order valence-corrected chi connectivity index (χ0v) is 15.8. The molecule has 3 rings (SSSR count). The molecule has 1 aromatic carbocycles. The number of benzene rings is 1. The average Bonchev–Trinajstić information content (AvgIpc) is 3.22. The van der Waals surface area contributed by atoms with Crippen LogP contribution in [-0.4, -0.2) is 36.5 Å². The number of carbonyl (C=O) groups excluding carboxylic acids is 1. The van der Waals surface area contributed by atoms with Crippen LogP contribution < -0.4 is 5.32 Å². The van der Waals surface area contributed by atoms with Crippen LogP contribution >= 0.6 is 23.2 Å². The molecule has 0 aliphatic carbocycles. The van der Waals surface area contributed by atoms with Crippen LogP contribution in [0.1, 0.15) is 22.5 Å². The first-order valence-electron chi connectivity index (χ1n) is 8.05. The summed E-state index contributed by atoms with van der Waals surface area (Å²) in [7, 11) is 0. The van der Waals surface area contributed by atoms with Gasteiger partial charge in [0.2, 0.25) is 0 Å². The second kappa shape index (κ2) is 8.41. The number of amides is 1. The zero-order chi connectivity index (χ0) is 20.3. The molecule has 11 heteroatoms. The first kappa shape index (κ1) is 19.8. The molecule has 0 radical (unpaired) electrons. The summed E-state index contributed by atoms with van der Waals surface area (Å²) in [5.74, 6) is -1.85. The number of carboxylic acids is 1. The van der Waals surface area contributed by atoms with Crippen molar-refractivity contribution in [2.75, 3.05) is 5.32 Å². The van der Waals surface area contributed by atoms with Crippen molar-refractivity contribution in [2.24, 2.45) is 0 Å². The first-order valence-corrected chi connectivity index (χ1v) is 8.81. The van der Waals surface area contributed by atoms with Crippen molar-refractivity contribution in [1.29, 1.82) is 0 Å². The van der Waals surface area contributed by atoms with Crippen molar-refractivity contribution in [3.05, 3.63) is 63.8 Å². The van der Waals surface area contributed by atoms with E-state index in [0.717, 1.165) is 0 Å². The third-order valence-electron chi connectivity index (χ3n) is 3.78. The molecule has 0 unspecified atom stereocenters. The van der Waals surface area contributed by atoms with Gasteiger partial charge in [-0.1, -0.05) is 29.3 Å². The Morgan fingerprint density at radius 2 is 2.00 bits per heavy atom. The lowest BCUT2D eigenvalue weighted by molar-refractivity contribution is -0.137. The standard InChI is InChI=1S/C17H14Cl2FN5O3/c18-12-7-11(20)2-1-10(12)8-24-9-13(19)16(23-24)22-17(28)14-3-5-21-25(14)6-4-15(26)27/h1-3,5,7,9H,4,6,8H2,(H,26,27)(H,22,23,28). The number of hydrogen-bond donors (Lipinski definition) is 2. The fourth-order valence-electron chi connectivity index (χ4n) is 2.46. The normalized spacial score (nSPS) is 10.8. The highest BCUT2D eigenvalue weighted by atomic mass is 35.5. The number of carboxylic acid groups (broad SMARTS) is 1. The van der Waals surface area contributed by atoms with Gasteiger partial charge in [0.1, 0.15) is 16.5 Å². The van der Waals surface area contributed by atoms with Crippen molar-refractivity contribution in [3.8, 4) is 0 Å². The van der Waals surface area contributed by atoms with Crippen molar-refractivity contribution in [2.45, 2.75) is 19.5 Å². The van der Waals surface area contributed by atoms with Crippen LogP contribution in [0.3, 0.4) is 0 Å². The lowest BCUT2D eigenvalue weighted by Gasteiger charge is -2.06. The summed E-state index contributed by atoms with van der Waals surface area (Å²) in [6.45, 7) is 0.279. The predicted molar refractivity (Wildman–Crippen MR) is 100 cm³/mol. The van der Waals surface area contributed by atoms with Crippen molar-refractivity contribution < 1.29 is 19.1 Å². The van der Waals surface area contributed by atoms with Gasteiger partial charge in [0.15, 0.2) is 5.82 Å². The molecule has 0 saturated carbocycles. The molecular weight excluding hydrogens is 412 g/mol. The average molecular weight is 426 g/mol. The van der Waals surface area contributed by atoms with Gasteiger partial charge < -0.3 is 10.4 Å². The van der Waals surface area contributed by atoms with E-state index in [0.29, 0.717) is 5.56 Å². The molecule has 0 atom stereocenters. The number of nitrogens with one attached hydrogen (secondary N) is 1. The fraction of sp³-hybridized carbons (Fsp3) is 0.176. The highest BCUT2D eigenvalue weighted by Gasteiger charge is 2.17. The summed E-state index contributed by atoms with van der Waals surface area (Å²) < 4.78 is 15.9. The Labute approximate surface area is 168 Å². The van der Waals surface area contributed by atoms with Crippen LogP contribution in [0.5, 0.6) is 0 Å². The van der Waals surface area contributed by atoms with E-state index in [9.17, 15) is 14.0 Å². The Morgan fingerprint density at radius 3 is 2.71 bits per heavy atom. The maximum atomic E-state index is 13.1. The van der Waals surface area contributed by atoms with E-state index >= 15 is 0 Å². The van der Waals surface area contributed by atoms with Crippen LogP contribution in [0.25, 0.3) is 0 Å². The van der Waals surface area contributed by atoms with Crippen LogP contribution in [0.15, 0.2) is 36.7 Å². The van der Waals surface area contributed by atoms with Crippen molar-refractivity contribution in [3.63, 3.8) is 0 Å². The Kier molecular flexibility index (Phi) is 5.96. The highest BCUT2D eigenvalue weighted by molar-refractivity contribution is 6.33. The third kappa shape index (κ3) is 4.68. The van der Waals surface area contributed by atoms with Crippen LogP contribution in [0.2, 0.25) is 10.0 Å². The smallest absolute Gasteiger partial charge is 0.305 e. The van der Waals surface area contributed by atoms with Gasteiger partial charge >= 0.3 is 5.97 Å². The van der Waals surface area contributed by atoms with Gasteiger partial charge in [0, 0.05) is 17.4 Å². The van der Waals surface area contributed by atoms with Gasteiger partial charge in [-0.15, -0.1) is 0 Å². The van der Waals surface area contributed by atoms with Gasteiger partial charge in [0.25, 0.3) is 5.91 Å². The summed E-state index contributed by atoms with van der Waals surface area (Å²) in [4.78, 5) is 23.2. The molecular formula is C17H14Cl2FN5O3. The maximum absolute atomic E-state index is 13.1. The molecule has 146 valence electrons. The molecule has 2 heterocycles. The molecule has 2 N–H and O–H groups in total. The number of aliphatic carboxylic acids is 1. The summed E-state index contributed by atoms with van der Waals surface area (Å²) in [5, 5.41) is 19.9. The highest BCUT2D eigenvalue weighted by Crippen LogP contribution is 2.23. The predicted octanol–water partition coefficient (Wildman–Crippen LogP) is 3.30. The minimum absolute atomic E-state index is 0.0519. The number of hydrogen-bond acceptors (Lipinski definition) is 4. The van der Waals surface area contributed by atoms with E-state index in [2.05, 4.69) is 15.5 Å². The second-order valence-electron chi connectivity index (χ2n) is 5.80. The Bertz CT molecular complexity index is 1030. The van der Waals surface area contributed by atoms with Gasteiger partial charge in [0.05, 0.1) is 19.5 Å². The topological polar surface area (TPSA) is 102 Å². The SMILES string of the molecule is O=C(O)CCn1nccc1C(=O)Nc1nn(Cc2ccc(F)cc2Cl)cc1Cl. The quantitative estimate of drug-likeness (QED) is 0.604. The van der Waals surface area contributed by atoms with E-state index < -0.39 is 17.7 Å². The first-order chi connectivity index (χ1) is 13.3. The number of aromatic nitrogens is 4. The van der Waals surface area contributed by atoms with E-state index in [1.54, 1.807) is 0 Å². The van der Waals surface area contributed by atoms with E-state index in [1.807, 2.05) is 0 Å². The molecule has 1 amide bonds. The summed E-state index contributed by atoms with van der Waals surface area (Å²) >= 11 is 12.1. The molecule has 0 aliphatic rings. The number of rotatable bonds is 7. The summed E-state index contributed by atoms with van der Waals surface area (Å²) in [6.07, 6.45) is 2.72. The molecule has 8 nitrogen and oxygen atoms in total. The zero-order valence-electron chi connectivity index (χ0n) is 14.3. The molecule has 28 heavy (non-hydrogen) atoms. The van der Waals surface area contributed by atoms with Gasteiger partial charge in [-0.25, -0.2) is 4.39 Å². The molecule has 0 fully saturated rings. The van der Waals surface area contributed by atoms with Gasteiger partial charge in [-0.05, 0) is 23.8 Å². The fourth-order valence-corrected chi connectivity index (χ4v) is 2.89. The number of halogens is 3. The van der Waals surface area contributed by atoms with Crippen molar-refractivity contribution in [1.82, 2.24) is 19.6 Å². The number of carbonyl (C=O) groups is 2. The summed E-state index contributed by atoms with van der Waals surface area (Å²) in [5.41, 5.74) is 0.806. The van der Waals surface area contributed by atoms with E-state index in [1.165, 1.54) is 46.0 Å². The lowest BCUT2D eigenvalue weighted by atomic mass is 10.2. The third-order valence-corrected chi connectivity index (χ3v) is 4.41. The Hall–Kier alpha value is -2.91. The van der Waals surface area contributed by atoms with Crippen molar-refractivity contribution >= 4 is 40.9 Å². The molecule has 3 aromatic rings. The van der Waals surface area contributed by atoms with E-state index in [-0.39, 0.29) is 41.1 Å². The molecule has 0 bridgehead atoms. The van der Waals surface area contributed by atoms with Crippen LogP contribution in [-0.2, 0) is 17.9 Å². The van der Waals surface area contributed by atoms with Gasteiger partial charge in [-0.2, -0.15) is 10.2 Å². The van der Waals surface area contributed by atoms with Crippen LogP contribution in [0.4, 0.5) is 10.2 Å². The molecule has 0 aliphatic heterocycles. The van der Waals surface area contributed by atoms with E-state index in [4.69, 9.17) is 28.3 Å². The lowest BCUT2D eigenvalue weighted by Crippen LogP contribution is -2.19. The van der Waals surface area contributed by atoms with Gasteiger partial charge in [-0.3, -0.25) is 19.0 Å². The maximum Gasteiger partial charge on any atom is 0.305 e. The minimum atomic E-state index is -0.997. The largest absolute Gasteiger partial charge is 0.481 e.